The van der Waals surface area contributed by atoms with Gasteiger partial charge in [-0.15, -0.1) is 0 Å². The molecule has 6 heteroatoms. The van der Waals surface area contributed by atoms with E-state index in [1.807, 2.05) is 24.3 Å². The van der Waals surface area contributed by atoms with Crippen LogP contribution in [0.25, 0.3) is 11.0 Å². The van der Waals surface area contributed by atoms with Gasteiger partial charge in [0.2, 0.25) is 0 Å². The van der Waals surface area contributed by atoms with E-state index in [1.165, 1.54) is 0 Å². The van der Waals surface area contributed by atoms with E-state index >= 15 is 0 Å². The van der Waals surface area contributed by atoms with Gasteiger partial charge in [-0.2, -0.15) is 0 Å². The number of carbonyl (C=O) groups excluding carboxylic acids is 1. The molecule has 0 bridgehead atoms. The normalized spacial score (nSPS) is 11.2. The van der Waals surface area contributed by atoms with Crippen LogP contribution < -0.4 is 10.9 Å². The minimum atomic E-state index is -0.388. The number of rotatable bonds is 4. The van der Waals surface area contributed by atoms with E-state index in [-0.39, 0.29) is 29.6 Å². The molecule has 0 spiro atoms. The first-order valence-electron chi connectivity index (χ1n) is 8.33. The molecule has 0 fully saturated rings. The number of para-hydroxylation sites is 2. The van der Waals surface area contributed by atoms with Crippen molar-refractivity contribution in [2.24, 2.45) is 0 Å². The second kappa shape index (κ2) is 6.55. The molecule has 6 nitrogen and oxygen atoms in total. The predicted molar refractivity (Wildman–Crippen MR) is 97.8 cm³/mol. The smallest absolute Gasteiger partial charge is 0.261 e. The highest BCUT2D eigenvalue weighted by Crippen LogP contribution is 2.20. The maximum atomic E-state index is 12.5. The molecule has 0 saturated carbocycles. The van der Waals surface area contributed by atoms with Crippen molar-refractivity contribution < 1.29 is 4.79 Å². The Balaban J connectivity index is 1.90. The Bertz CT molecular complexity index is 998. The number of H-pyrrole nitrogens is 1. The highest BCUT2D eigenvalue weighted by Gasteiger charge is 2.17. The van der Waals surface area contributed by atoms with Crippen LogP contribution in [0.1, 0.15) is 47.3 Å². The highest BCUT2D eigenvalue weighted by molar-refractivity contribution is 5.95. The number of benzene rings is 1. The molecule has 1 aromatic carbocycles. The summed E-state index contributed by atoms with van der Waals surface area (Å²) >= 11 is 0. The summed E-state index contributed by atoms with van der Waals surface area (Å²) < 4.78 is 2.10. The predicted octanol–water partition coefficient (Wildman–Crippen LogP) is 2.85. The van der Waals surface area contributed by atoms with Crippen molar-refractivity contribution in [3.63, 3.8) is 0 Å². The fourth-order valence-corrected chi connectivity index (χ4v) is 3.18. The van der Waals surface area contributed by atoms with Gasteiger partial charge in [-0.1, -0.05) is 12.1 Å². The Morgan fingerprint density at radius 1 is 1.28 bits per heavy atom. The number of amides is 1. The number of carbonyl (C=O) groups is 1. The molecule has 0 aliphatic rings. The quantitative estimate of drug-likeness (QED) is 0.768. The van der Waals surface area contributed by atoms with Crippen molar-refractivity contribution in [2.75, 3.05) is 0 Å². The van der Waals surface area contributed by atoms with Crippen molar-refractivity contribution in [1.82, 2.24) is 19.9 Å². The number of pyridine rings is 1. The minimum absolute atomic E-state index is 0.151. The lowest BCUT2D eigenvalue weighted by atomic mass is 10.1. The van der Waals surface area contributed by atoms with Crippen LogP contribution in [0.5, 0.6) is 0 Å². The number of hydrogen-bond acceptors (Lipinski definition) is 3. The van der Waals surface area contributed by atoms with Crippen LogP contribution in [0.15, 0.2) is 35.1 Å². The zero-order valence-corrected chi connectivity index (χ0v) is 14.9. The van der Waals surface area contributed by atoms with Crippen molar-refractivity contribution in [1.29, 1.82) is 0 Å². The zero-order chi connectivity index (χ0) is 18.1. The van der Waals surface area contributed by atoms with Crippen LogP contribution in [0.3, 0.4) is 0 Å². The molecule has 3 aromatic rings. The van der Waals surface area contributed by atoms with Crippen LogP contribution in [-0.2, 0) is 6.54 Å². The van der Waals surface area contributed by atoms with Crippen molar-refractivity contribution in [2.45, 2.75) is 40.3 Å². The lowest BCUT2D eigenvalue weighted by Crippen LogP contribution is -2.31. The molecule has 0 saturated heterocycles. The summed E-state index contributed by atoms with van der Waals surface area (Å²) in [6.07, 6.45) is 0. The van der Waals surface area contributed by atoms with Crippen LogP contribution >= 0.6 is 0 Å². The van der Waals surface area contributed by atoms with Gasteiger partial charge in [-0.25, -0.2) is 4.98 Å². The third-order valence-electron chi connectivity index (χ3n) is 4.18. The Kier molecular flexibility index (Phi) is 4.44. The average molecular weight is 338 g/mol. The number of imidazole rings is 1. The number of nitrogens with one attached hydrogen (secondary N) is 2. The van der Waals surface area contributed by atoms with E-state index in [2.05, 4.69) is 33.7 Å². The fraction of sp³-hybridized carbons (Fsp3) is 0.316. The summed E-state index contributed by atoms with van der Waals surface area (Å²) in [5, 5.41) is 2.83. The Morgan fingerprint density at radius 3 is 2.68 bits per heavy atom. The Hall–Kier alpha value is -2.89. The number of aryl methyl sites for hydroxylation is 2. The SMILES string of the molecule is Cc1cc(C)c(C(=O)NCc2nc3ccccc3n2C(C)C)c(=O)[nH]1. The first kappa shape index (κ1) is 17.0. The highest BCUT2D eigenvalue weighted by atomic mass is 16.2. The molecule has 2 N–H and O–H groups in total. The second-order valence-electron chi connectivity index (χ2n) is 6.50. The van der Waals surface area contributed by atoms with Gasteiger partial charge >= 0.3 is 0 Å². The zero-order valence-electron chi connectivity index (χ0n) is 14.9. The molecular weight excluding hydrogens is 316 g/mol. The van der Waals surface area contributed by atoms with E-state index in [9.17, 15) is 9.59 Å². The maximum absolute atomic E-state index is 12.5. The molecule has 2 aromatic heterocycles. The lowest BCUT2D eigenvalue weighted by molar-refractivity contribution is 0.0947. The van der Waals surface area contributed by atoms with E-state index in [0.29, 0.717) is 5.56 Å². The summed E-state index contributed by atoms with van der Waals surface area (Å²) in [6, 6.07) is 9.89. The number of aromatic amines is 1. The van der Waals surface area contributed by atoms with Gasteiger partial charge in [0.15, 0.2) is 0 Å². The molecule has 25 heavy (non-hydrogen) atoms. The monoisotopic (exact) mass is 338 g/mol. The molecule has 3 rings (SSSR count). The summed E-state index contributed by atoms with van der Waals surface area (Å²) in [4.78, 5) is 31.9. The third kappa shape index (κ3) is 3.20. The summed E-state index contributed by atoms with van der Waals surface area (Å²) in [6.45, 7) is 7.97. The number of hydrogen-bond donors (Lipinski definition) is 2. The number of aromatic nitrogens is 3. The largest absolute Gasteiger partial charge is 0.345 e. The van der Waals surface area contributed by atoms with Gasteiger partial charge in [0.1, 0.15) is 11.4 Å². The van der Waals surface area contributed by atoms with Crippen molar-refractivity contribution >= 4 is 16.9 Å². The van der Waals surface area contributed by atoms with Crippen LogP contribution in [0.2, 0.25) is 0 Å². The minimum Gasteiger partial charge on any atom is -0.345 e. The van der Waals surface area contributed by atoms with E-state index in [4.69, 9.17) is 0 Å². The fourth-order valence-electron chi connectivity index (χ4n) is 3.18. The Morgan fingerprint density at radius 2 is 2.00 bits per heavy atom. The molecule has 0 atom stereocenters. The van der Waals surface area contributed by atoms with Gasteiger partial charge < -0.3 is 14.9 Å². The average Bonchev–Trinajstić information content (AvgIpc) is 2.90. The van der Waals surface area contributed by atoms with Gasteiger partial charge in [0.05, 0.1) is 17.6 Å². The van der Waals surface area contributed by atoms with Gasteiger partial charge in [0.25, 0.3) is 11.5 Å². The molecule has 2 heterocycles. The summed E-state index contributed by atoms with van der Waals surface area (Å²) in [5.41, 5.74) is 3.11. The van der Waals surface area contributed by atoms with Crippen LogP contribution in [0, 0.1) is 13.8 Å². The first-order chi connectivity index (χ1) is 11.9. The topological polar surface area (TPSA) is 79.8 Å². The molecule has 0 unspecified atom stereocenters. The van der Waals surface area contributed by atoms with Gasteiger partial charge in [-0.05, 0) is 51.5 Å². The lowest BCUT2D eigenvalue weighted by Gasteiger charge is -2.14. The Labute approximate surface area is 145 Å². The maximum Gasteiger partial charge on any atom is 0.261 e. The van der Waals surface area contributed by atoms with Gasteiger partial charge in [0, 0.05) is 11.7 Å². The number of fused-ring (bicyclic) bond motifs is 1. The van der Waals surface area contributed by atoms with Gasteiger partial charge in [-0.3, -0.25) is 9.59 Å². The molecule has 130 valence electrons. The van der Waals surface area contributed by atoms with E-state index < -0.39 is 0 Å². The van der Waals surface area contributed by atoms with E-state index in [1.54, 1.807) is 19.9 Å². The van der Waals surface area contributed by atoms with Crippen LogP contribution in [0.4, 0.5) is 0 Å². The van der Waals surface area contributed by atoms with Crippen molar-refractivity contribution in [3.8, 4) is 0 Å². The standard InChI is InChI=1S/C19H22N4O2/c1-11(2)23-15-8-6-5-7-14(15)22-16(23)10-20-18(24)17-12(3)9-13(4)21-19(17)25/h5-9,11H,10H2,1-4H3,(H,20,24)(H,21,25). The molecule has 1 amide bonds. The summed E-state index contributed by atoms with van der Waals surface area (Å²) in [5.74, 6) is 0.381. The molecule has 0 radical (unpaired) electrons. The van der Waals surface area contributed by atoms with Crippen molar-refractivity contribution in [3.05, 3.63) is 63.3 Å². The molecule has 0 aliphatic heterocycles. The second-order valence-corrected chi connectivity index (χ2v) is 6.50. The van der Waals surface area contributed by atoms with E-state index in [0.717, 1.165) is 22.6 Å². The molecular formula is C19H22N4O2. The third-order valence-corrected chi connectivity index (χ3v) is 4.18. The van der Waals surface area contributed by atoms with Crippen LogP contribution in [-0.4, -0.2) is 20.4 Å². The first-order valence-corrected chi connectivity index (χ1v) is 8.33. The number of nitrogens with zero attached hydrogens (tertiary/aromatic N) is 2. The molecule has 0 aliphatic carbocycles. The summed E-state index contributed by atoms with van der Waals surface area (Å²) in [7, 11) is 0.